The van der Waals surface area contributed by atoms with E-state index < -0.39 is 5.54 Å². The molecule has 0 radical (unpaired) electrons. The number of hydrogen-bond donors (Lipinski definition) is 2. The van der Waals surface area contributed by atoms with Crippen molar-refractivity contribution in [3.63, 3.8) is 0 Å². The van der Waals surface area contributed by atoms with E-state index in [1.807, 2.05) is 18.7 Å². The van der Waals surface area contributed by atoms with Crippen LogP contribution in [0.15, 0.2) is 0 Å². The molecule has 1 aliphatic carbocycles. The number of rotatable bonds is 6. The van der Waals surface area contributed by atoms with Crippen LogP contribution >= 0.6 is 11.8 Å². The van der Waals surface area contributed by atoms with E-state index in [9.17, 15) is 4.79 Å². The van der Waals surface area contributed by atoms with E-state index in [-0.39, 0.29) is 10.7 Å². The lowest BCUT2D eigenvalue weighted by Gasteiger charge is -2.29. The minimum atomic E-state index is -0.528. The minimum Gasteiger partial charge on any atom is -0.368 e. The molecule has 1 atom stereocenters. The van der Waals surface area contributed by atoms with Gasteiger partial charge in [-0.2, -0.15) is 11.8 Å². The van der Waals surface area contributed by atoms with Gasteiger partial charge < -0.3 is 11.1 Å². The molecule has 4 heteroatoms. The highest BCUT2D eigenvalue weighted by atomic mass is 32.2. The van der Waals surface area contributed by atoms with Gasteiger partial charge in [0.2, 0.25) is 5.91 Å². The molecule has 3 nitrogen and oxygen atoms in total. The van der Waals surface area contributed by atoms with Crippen molar-refractivity contribution < 1.29 is 4.79 Å². The largest absolute Gasteiger partial charge is 0.368 e. The number of carbonyl (C=O) groups is 1. The molecule has 0 saturated heterocycles. The summed E-state index contributed by atoms with van der Waals surface area (Å²) < 4.78 is 0.248. The van der Waals surface area contributed by atoms with E-state index in [0.29, 0.717) is 6.04 Å². The van der Waals surface area contributed by atoms with E-state index in [1.165, 1.54) is 12.8 Å². The number of hydrogen-bond acceptors (Lipinski definition) is 3. The van der Waals surface area contributed by atoms with Gasteiger partial charge in [0, 0.05) is 10.8 Å². The zero-order chi connectivity index (χ0) is 12.4. The molecular weight excluding hydrogens is 220 g/mol. The summed E-state index contributed by atoms with van der Waals surface area (Å²) in [6.45, 7) is 8.49. The third-order valence-corrected chi connectivity index (χ3v) is 4.06. The van der Waals surface area contributed by atoms with Crippen molar-refractivity contribution >= 4 is 17.7 Å². The molecule has 1 amide bonds. The number of nitrogens with two attached hydrogens (primary N) is 1. The molecule has 0 aromatic carbocycles. The Morgan fingerprint density at radius 3 is 2.31 bits per heavy atom. The Labute approximate surface area is 103 Å². The smallest absolute Gasteiger partial charge is 0.237 e. The molecule has 0 bridgehead atoms. The maximum absolute atomic E-state index is 11.5. The Kier molecular flexibility index (Phi) is 4.29. The lowest BCUT2D eigenvalue weighted by atomic mass is 9.98. The summed E-state index contributed by atoms with van der Waals surface area (Å²) >= 11 is 1.88. The van der Waals surface area contributed by atoms with Gasteiger partial charge in [-0.05, 0) is 31.9 Å². The van der Waals surface area contributed by atoms with E-state index in [1.54, 1.807) is 0 Å². The third-order valence-electron chi connectivity index (χ3n) is 2.78. The van der Waals surface area contributed by atoms with E-state index in [2.05, 4.69) is 26.1 Å². The van der Waals surface area contributed by atoms with Crippen molar-refractivity contribution in [1.82, 2.24) is 5.32 Å². The predicted molar refractivity (Wildman–Crippen MR) is 70.6 cm³/mol. The van der Waals surface area contributed by atoms with Crippen molar-refractivity contribution in [3.8, 4) is 0 Å². The van der Waals surface area contributed by atoms with Crippen LogP contribution in [-0.4, -0.2) is 28.0 Å². The quantitative estimate of drug-likeness (QED) is 0.750. The van der Waals surface area contributed by atoms with Crippen LogP contribution in [-0.2, 0) is 4.79 Å². The molecular formula is C12H24N2OS. The molecule has 3 N–H and O–H groups in total. The first-order chi connectivity index (χ1) is 7.23. The number of amides is 1. The van der Waals surface area contributed by atoms with Crippen LogP contribution in [0.2, 0.25) is 0 Å². The number of primary amides is 1. The number of nitrogens with one attached hydrogen (secondary N) is 1. The fourth-order valence-corrected chi connectivity index (χ4v) is 2.63. The average molecular weight is 244 g/mol. The molecule has 1 unspecified atom stereocenters. The fraction of sp³-hybridized carbons (Fsp3) is 0.917. The lowest BCUT2D eigenvalue weighted by molar-refractivity contribution is -0.124. The van der Waals surface area contributed by atoms with Crippen LogP contribution in [0.1, 0.15) is 47.0 Å². The summed E-state index contributed by atoms with van der Waals surface area (Å²) in [6, 6.07) is 0.511. The van der Waals surface area contributed by atoms with Gasteiger partial charge in [0.05, 0.1) is 5.54 Å². The van der Waals surface area contributed by atoms with Gasteiger partial charge >= 0.3 is 0 Å². The topological polar surface area (TPSA) is 55.1 Å². The highest BCUT2D eigenvalue weighted by Crippen LogP contribution is 2.28. The van der Waals surface area contributed by atoms with Crippen molar-refractivity contribution in [2.45, 2.75) is 63.3 Å². The normalized spacial score (nSPS) is 20.5. The van der Waals surface area contributed by atoms with Gasteiger partial charge in [-0.25, -0.2) is 0 Å². The molecule has 1 aliphatic rings. The molecule has 0 heterocycles. The second kappa shape index (κ2) is 4.96. The lowest BCUT2D eigenvalue weighted by Crippen LogP contribution is -2.54. The first-order valence-electron chi connectivity index (χ1n) is 5.94. The van der Waals surface area contributed by atoms with E-state index in [4.69, 9.17) is 5.73 Å². The first-order valence-corrected chi connectivity index (χ1v) is 6.93. The van der Waals surface area contributed by atoms with Crippen LogP contribution in [0.3, 0.4) is 0 Å². The molecule has 0 aromatic rings. The van der Waals surface area contributed by atoms with Crippen LogP contribution in [0.4, 0.5) is 0 Å². The molecule has 1 rings (SSSR count). The summed E-state index contributed by atoms with van der Waals surface area (Å²) in [5.41, 5.74) is 4.96. The Morgan fingerprint density at radius 2 is 1.94 bits per heavy atom. The van der Waals surface area contributed by atoms with Crippen LogP contribution in [0.25, 0.3) is 0 Å². The maximum Gasteiger partial charge on any atom is 0.237 e. The fourth-order valence-electron chi connectivity index (χ4n) is 1.51. The molecule has 0 spiro atoms. The molecule has 0 aliphatic heterocycles. The predicted octanol–water partition coefficient (Wildman–Crippen LogP) is 1.90. The third kappa shape index (κ3) is 4.74. The Balaban J connectivity index is 2.41. The van der Waals surface area contributed by atoms with Gasteiger partial charge in [0.25, 0.3) is 0 Å². The number of thioether (sulfide) groups is 1. The molecule has 1 saturated carbocycles. The average Bonchev–Trinajstić information content (AvgIpc) is 2.85. The van der Waals surface area contributed by atoms with Crippen molar-refractivity contribution in [3.05, 3.63) is 0 Å². The Bertz CT molecular complexity index is 258. The van der Waals surface area contributed by atoms with Crippen LogP contribution < -0.4 is 11.1 Å². The standard InChI is InChI=1S/C12H24N2OS/c1-11(2,3)16-8-7-12(4,10(13)15)14-9-5-6-9/h9,14H,5-8H2,1-4H3,(H2,13,15). The van der Waals surface area contributed by atoms with Crippen molar-refractivity contribution in [2.24, 2.45) is 5.73 Å². The molecule has 16 heavy (non-hydrogen) atoms. The zero-order valence-electron chi connectivity index (χ0n) is 10.8. The summed E-state index contributed by atoms with van der Waals surface area (Å²) in [4.78, 5) is 11.5. The summed E-state index contributed by atoms with van der Waals surface area (Å²) in [5.74, 6) is 0.733. The second-order valence-electron chi connectivity index (χ2n) is 5.83. The van der Waals surface area contributed by atoms with Gasteiger partial charge in [0.1, 0.15) is 0 Å². The summed E-state index contributed by atoms with van der Waals surface area (Å²) in [5, 5.41) is 3.37. The maximum atomic E-state index is 11.5. The number of carbonyl (C=O) groups excluding carboxylic acids is 1. The van der Waals surface area contributed by atoms with Crippen molar-refractivity contribution in [2.75, 3.05) is 5.75 Å². The molecule has 94 valence electrons. The van der Waals surface area contributed by atoms with Crippen LogP contribution in [0.5, 0.6) is 0 Å². The van der Waals surface area contributed by atoms with Gasteiger partial charge in [-0.15, -0.1) is 0 Å². The van der Waals surface area contributed by atoms with E-state index >= 15 is 0 Å². The first kappa shape index (κ1) is 13.8. The zero-order valence-corrected chi connectivity index (χ0v) is 11.6. The van der Waals surface area contributed by atoms with E-state index in [0.717, 1.165) is 12.2 Å². The van der Waals surface area contributed by atoms with Gasteiger partial charge in [-0.1, -0.05) is 20.8 Å². The van der Waals surface area contributed by atoms with Gasteiger partial charge in [-0.3, -0.25) is 4.79 Å². The monoisotopic (exact) mass is 244 g/mol. The molecule has 1 fully saturated rings. The highest BCUT2D eigenvalue weighted by molar-refractivity contribution is 8.00. The second-order valence-corrected chi connectivity index (χ2v) is 7.75. The van der Waals surface area contributed by atoms with Crippen LogP contribution in [0, 0.1) is 0 Å². The minimum absolute atomic E-state index is 0.228. The SMILES string of the molecule is CC(C)(C)SCCC(C)(NC1CC1)C(N)=O. The Morgan fingerprint density at radius 1 is 1.38 bits per heavy atom. The highest BCUT2D eigenvalue weighted by Gasteiger charge is 2.36. The Hall–Kier alpha value is -0.220. The summed E-state index contributed by atoms with van der Waals surface area (Å²) in [6.07, 6.45) is 3.16. The van der Waals surface area contributed by atoms with Crippen molar-refractivity contribution in [1.29, 1.82) is 0 Å². The summed E-state index contributed by atoms with van der Waals surface area (Å²) in [7, 11) is 0. The molecule has 0 aromatic heterocycles. The van der Waals surface area contributed by atoms with Gasteiger partial charge in [0.15, 0.2) is 0 Å².